The van der Waals surface area contributed by atoms with E-state index in [9.17, 15) is 14.0 Å². The van der Waals surface area contributed by atoms with Crippen LogP contribution in [0.1, 0.15) is 18.1 Å². The predicted octanol–water partition coefficient (Wildman–Crippen LogP) is 2.63. The molecule has 0 spiro atoms. The molecule has 0 aliphatic carbocycles. The van der Waals surface area contributed by atoms with E-state index in [2.05, 4.69) is 0 Å². The highest BCUT2D eigenvalue weighted by molar-refractivity contribution is 5.94. The van der Waals surface area contributed by atoms with E-state index in [-0.39, 0.29) is 30.7 Å². The van der Waals surface area contributed by atoms with Crippen molar-refractivity contribution in [3.8, 4) is 0 Å². The molecule has 1 saturated heterocycles. The van der Waals surface area contributed by atoms with E-state index >= 15 is 0 Å². The summed E-state index contributed by atoms with van der Waals surface area (Å²) >= 11 is 0. The van der Waals surface area contributed by atoms with Gasteiger partial charge in [-0.3, -0.25) is 9.59 Å². The maximum Gasteiger partial charge on any atom is 0.245 e. The molecule has 4 nitrogen and oxygen atoms in total. The predicted molar refractivity (Wildman–Crippen MR) is 93.1 cm³/mol. The molecule has 2 aromatic rings. The first kappa shape index (κ1) is 17.1. The molecule has 2 amide bonds. The molecule has 25 heavy (non-hydrogen) atoms. The van der Waals surface area contributed by atoms with Crippen LogP contribution in [0.4, 0.5) is 4.39 Å². The van der Waals surface area contributed by atoms with Crippen LogP contribution in [0.25, 0.3) is 0 Å². The Morgan fingerprint density at radius 1 is 1.04 bits per heavy atom. The summed E-state index contributed by atoms with van der Waals surface area (Å²) in [5.74, 6) is -0.512. The fraction of sp³-hybridized carbons (Fsp3) is 0.300. The number of hydrogen-bond acceptors (Lipinski definition) is 2. The third-order valence-corrected chi connectivity index (χ3v) is 4.54. The molecule has 0 radical (unpaired) electrons. The van der Waals surface area contributed by atoms with Gasteiger partial charge in [-0.15, -0.1) is 0 Å². The normalized spacial score (nSPS) is 17.9. The topological polar surface area (TPSA) is 40.6 Å². The number of piperazine rings is 1. The molecule has 1 fully saturated rings. The lowest BCUT2D eigenvalue weighted by atomic mass is 10.1. The Bertz CT molecular complexity index is 763. The Morgan fingerprint density at radius 3 is 2.48 bits per heavy atom. The van der Waals surface area contributed by atoms with Crippen LogP contribution in [0.3, 0.4) is 0 Å². The Kier molecular flexibility index (Phi) is 5.12. The van der Waals surface area contributed by atoms with Crippen molar-refractivity contribution in [1.82, 2.24) is 9.80 Å². The van der Waals surface area contributed by atoms with Gasteiger partial charge < -0.3 is 9.80 Å². The molecule has 0 N–H and O–H groups in total. The zero-order chi connectivity index (χ0) is 17.8. The quantitative estimate of drug-likeness (QED) is 0.839. The first-order valence-electron chi connectivity index (χ1n) is 8.41. The summed E-state index contributed by atoms with van der Waals surface area (Å²) in [5, 5.41) is 0. The minimum atomic E-state index is -0.541. The Morgan fingerprint density at radius 2 is 1.76 bits per heavy atom. The summed E-state index contributed by atoms with van der Waals surface area (Å²) in [6, 6.07) is 15.5. The van der Waals surface area contributed by atoms with Gasteiger partial charge in [0.15, 0.2) is 0 Å². The fourth-order valence-electron chi connectivity index (χ4n) is 3.10. The molecule has 3 rings (SSSR count). The summed E-state index contributed by atoms with van der Waals surface area (Å²) in [6.07, 6.45) is 0.719. The highest BCUT2D eigenvalue weighted by Gasteiger charge is 2.36. The first-order valence-corrected chi connectivity index (χ1v) is 8.41. The van der Waals surface area contributed by atoms with Gasteiger partial charge in [0.2, 0.25) is 11.8 Å². The van der Waals surface area contributed by atoms with Crippen LogP contribution in [0.5, 0.6) is 0 Å². The number of nitrogens with zero attached hydrogens (tertiary/aromatic N) is 2. The Balaban J connectivity index is 1.65. The van der Waals surface area contributed by atoms with Crippen molar-refractivity contribution < 1.29 is 14.0 Å². The third-order valence-electron chi connectivity index (χ3n) is 4.54. The highest BCUT2D eigenvalue weighted by Crippen LogP contribution is 2.17. The van der Waals surface area contributed by atoms with E-state index in [4.69, 9.17) is 0 Å². The van der Waals surface area contributed by atoms with Gasteiger partial charge in [0, 0.05) is 13.1 Å². The lowest BCUT2D eigenvalue weighted by molar-refractivity contribution is -0.155. The zero-order valence-electron chi connectivity index (χ0n) is 14.2. The van der Waals surface area contributed by atoms with Crippen LogP contribution >= 0.6 is 0 Å². The molecule has 0 unspecified atom stereocenters. The number of benzene rings is 2. The number of carbonyl (C=O) groups excluding carboxylic acids is 2. The maximum atomic E-state index is 13.3. The van der Waals surface area contributed by atoms with E-state index in [1.807, 2.05) is 30.3 Å². The van der Waals surface area contributed by atoms with Crippen molar-refractivity contribution in [3.63, 3.8) is 0 Å². The summed E-state index contributed by atoms with van der Waals surface area (Å²) in [4.78, 5) is 28.3. The van der Waals surface area contributed by atoms with Crippen molar-refractivity contribution in [2.75, 3.05) is 13.1 Å². The number of halogens is 1. The second-order valence-corrected chi connectivity index (χ2v) is 6.32. The van der Waals surface area contributed by atoms with Crippen molar-refractivity contribution in [3.05, 3.63) is 71.5 Å². The van der Waals surface area contributed by atoms with E-state index < -0.39 is 6.04 Å². The van der Waals surface area contributed by atoms with Gasteiger partial charge in [-0.05, 0) is 36.6 Å². The molecule has 0 bridgehead atoms. The highest BCUT2D eigenvalue weighted by atomic mass is 19.1. The average Bonchev–Trinajstić information content (AvgIpc) is 2.61. The van der Waals surface area contributed by atoms with Crippen molar-refractivity contribution in [2.45, 2.75) is 25.9 Å². The van der Waals surface area contributed by atoms with Crippen LogP contribution in [-0.2, 0) is 22.6 Å². The van der Waals surface area contributed by atoms with Gasteiger partial charge >= 0.3 is 0 Å². The standard InChI is InChI=1S/C20H21FN2O2/c1-15-20(25)22(11-10-16-6-3-2-4-7-16)14-19(24)23(15)13-17-8-5-9-18(21)12-17/h2-9,12,15H,10-11,13-14H2,1H3/t15-/m0/s1. The van der Waals surface area contributed by atoms with Crippen LogP contribution in [0, 0.1) is 5.82 Å². The van der Waals surface area contributed by atoms with Crippen LogP contribution < -0.4 is 0 Å². The molecule has 0 aromatic heterocycles. The number of carbonyl (C=O) groups is 2. The van der Waals surface area contributed by atoms with Crippen LogP contribution in [-0.4, -0.2) is 40.7 Å². The molecule has 130 valence electrons. The molecular formula is C20H21FN2O2. The molecule has 1 aliphatic rings. The summed E-state index contributed by atoms with van der Waals surface area (Å²) < 4.78 is 13.3. The van der Waals surface area contributed by atoms with E-state index in [0.29, 0.717) is 12.1 Å². The summed E-state index contributed by atoms with van der Waals surface area (Å²) in [5.41, 5.74) is 1.82. The van der Waals surface area contributed by atoms with Gasteiger partial charge in [-0.25, -0.2) is 4.39 Å². The van der Waals surface area contributed by atoms with Crippen molar-refractivity contribution in [2.24, 2.45) is 0 Å². The summed E-state index contributed by atoms with van der Waals surface area (Å²) in [6.45, 7) is 2.57. The smallest absolute Gasteiger partial charge is 0.245 e. The molecule has 5 heteroatoms. The number of hydrogen-bond donors (Lipinski definition) is 0. The van der Waals surface area contributed by atoms with Gasteiger partial charge in [0.25, 0.3) is 0 Å². The monoisotopic (exact) mass is 340 g/mol. The van der Waals surface area contributed by atoms with Crippen LogP contribution in [0.2, 0.25) is 0 Å². The molecule has 2 aromatic carbocycles. The second kappa shape index (κ2) is 7.47. The number of amides is 2. The van der Waals surface area contributed by atoms with E-state index in [1.54, 1.807) is 24.0 Å². The minimum absolute atomic E-state index is 0.0630. The lowest BCUT2D eigenvalue weighted by Gasteiger charge is -2.38. The molecular weight excluding hydrogens is 319 g/mol. The SMILES string of the molecule is C[C@H]1C(=O)N(CCc2ccccc2)CC(=O)N1Cc1cccc(F)c1. The molecule has 0 saturated carbocycles. The minimum Gasteiger partial charge on any atom is -0.331 e. The fourth-order valence-corrected chi connectivity index (χ4v) is 3.10. The van der Waals surface area contributed by atoms with Crippen molar-refractivity contribution >= 4 is 11.8 Å². The van der Waals surface area contributed by atoms with E-state index in [0.717, 1.165) is 12.0 Å². The lowest BCUT2D eigenvalue weighted by Crippen LogP contribution is -2.58. The van der Waals surface area contributed by atoms with Gasteiger partial charge in [0.1, 0.15) is 11.9 Å². The average molecular weight is 340 g/mol. The Labute approximate surface area is 146 Å². The molecule has 1 atom stereocenters. The number of rotatable bonds is 5. The van der Waals surface area contributed by atoms with Crippen LogP contribution in [0.15, 0.2) is 54.6 Å². The second-order valence-electron chi connectivity index (χ2n) is 6.32. The van der Waals surface area contributed by atoms with Crippen molar-refractivity contribution in [1.29, 1.82) is 0 Å². The van der Waals surface area contributed by atoms with E-state index in [1.165, 1.54) is 17.0 Å². The third kappa shape index (κ3) is 4.05. The van der Waals surface area contributed by atoms with Gasteiger partial charge in [-0.1, -0.05) is 42.5 Å². The molecule has 1 aliphatic heterocycles. The van der Waals surface area contributed by atoms with Gasteiger partial charge in [0.05, 0.1) is 6.54 Å². The zero-order valence-corrected chi connectivity index (χ0v) is 14.2. The first-order chi connectivity index (χ1) is 12.0. The maximum absolute atomic E-state index is 13.3. The largest absolute Gasteiger partial charge is 0.331 e. The Hall–Kier alpha value is -2.69. The molecule has 1 heterocycles. The van der Waals surface area contributed by atoms with Gasteiger partial charge in [-0.2, -0.15) is 0 Å². The summed E-state index contributed by atoms with van der Waals surface area (Å²) in [7, 11) is 0.